The van der Waals surface area contributed by atoms with Crippen LogP contribution in [0.25, 0.3) is 0 Å². The van der Waals surface area contributed by atoms with Gasteiger partial charge in [-0.1, -0.05) is 11.8 Å². The van der Waals surface area contributed by atoms with Crippen LogP contribution in [0, 0.1) is 11.8 Å². The molecule has 0 aliphatic rings. The lowest BCUT2D eigenvalue weighted by molar-refractivity contribution is 0.0715. The Kier molecular flexibility index (Phi) is 6.06. The van der Waals surface area contributed by atoms with Crippen LogP contribution in [0.3, 0.4) is 0 Å². The summed E-state index contributed by atoms with van der Waals surface area (Å²) in [5.74, 6) is 6.78. The first-order valence-electron chi connectivity index (χ1n) is 5.64. The number of aliphatic hydroxyl groups excluding tert-OH is 1. The van der Waals surface area contributed by atoms with E-state index in [2.05, 4.69) is 11.8 Å². The first kappa shape index (κ1) is 14.4. The summed E-state index contributed by atoms with van der Waals surface area (Å²) in [5, 5.41) is 8.74. The van der Waals surface area contributed by atoms with Crippen LogP contribution in [0.5, 0.6) is 11.5 Å². The number of benzene rings is 1. The molecule has 0 saturated carbocycles. The van der Waals surface area contributed by atoms with Gasteiger partial charge in [0, 0.05) is 7.11 Å². The minimum Gasteiger partial charge on any atom is -0.497 e. The van der Waals surface area contributed by atoms with Gasteiger partial charge < -0.3 is 19.3 Å². The van der Waals surface area contributed by atoms with Crippen LogP contribution in [0.4, 0.5) is 0 Å². The summed E-state index contributed by atoms with van der Waals surface area (Å²) < 4.78 is 15.9. The molecule has 4 nitrogen and oxygen atoms in total. The fourth-order valence-corrected chi connectivity index (χ4v) is 1.27. The smallest absolute Gasteiger partial charge is 0.135 e. The lowest BCUT2D eigenvalue weighted by atomic mass is 10.2. The van der Waals surface area contributed by atoms with E-state index in [0.717, 1.165) is 0 Å². The lowest BCUT2D eigenvalue weighted by Crippen LogP contribution is -2.16. The molecule has 0 fully saturated rings. The van der Waals surface area contributed by atoms with Crippen molar-refractivity contribution in [3.8, 4) is 23.3 Å². The van der Waals surface area contributed by atoms with Gasteiger partial charge in [-0.2, -0.15) is 0 Å². The molecular formula is C14H18O4. The maximum absolute atomic E-state index is 8.74. The highest BCUT2D eigenvalue weighted by atomic mass is 16.5. The maximum atomic E-state index is 8.74. The number of hydrogen-bond donors (Lipinski definition) is 1. The molecule has 0 radical (unpaired) electrons. The quantitative estimate of drug-likeness (QED) is 0.804. The van der Waals surface area contributed by atoms with Gasteiger partial charge in [0.2, 0.25) is 0 Å². The third-order valence-corrected chi connectivity index (χ3v) is 2.36. The Morgan fingerprint density at radius 2 is 2.11 bits per heavy atom. The summed E-state index contributed by atoms with van der Waals surface area (Å²) in [6, 6.07) is 5.37. The van der Waals surface area contributed by atoms with Gasteiger partial charge in [-0.3, -0.25) is 0 Å². The second-order valence-corrected chi connectivity index (χ2v) is 3.68. The molecule has 0 aromatic heterocycles. The molecule has 98 valence electrons. The predicted octanol–water partition coefficient (Wildman–Crippen LogP) is 1.45. The van der Waals surface area contributed by atoms with E-state index in [9.17, 15) is 0 Å². The fourth-order valence-electron chi connectivity index (χ4n) is 1.27. The number of aliphatic hydroxyl groups is 1. The summed E-state index contributed by atoms with van der Waals surface area (Å²) in [6.07, 6.45) is 0.00533. The molecule has 1 aromatic rings. The van der Waals surface area contributed by atoms with E-state index >= 15 is 0 Å². The standard InChI is InChI=1S/C14H18O4/c1-11(16-2)10-18-14-7-6-13(17-3)9-12(14)5-4-8-15/h6-7,9,11,15H,8,10H2,1-3H3. The van der Waals surface area contributed by atoms with Gasteiger partial charge in [0.1, 0.15) is 24.7 Å². The van der Waals surface area contributed by atoms with Crippen molar-refractivity contribution in [1.82, 2.24) is 0 Å². The SMILES string of the molecule is COc1ccc(OCC(C)OC)c(C#CCO)c1. The van der Waals surface area contributed by atoms with Gasteiger partial charge in [0.15, 0.2) is 0 Å². The molecule has 0 heterocycles. The zero-order valence-corrected chi connectivity index (χ0v) is 10.9. The molecule has 1 rings (SSSR count). The van der Waals surface area contributed by atoms with Crippen LogP contribution in [-0.2, 0) is 4.74 Å². The van der Waals surface area contributed by atoms with E-state index in [0.29, 0.717) is 23.7 Å². The van der Waals surface area contributed by atoms with E-state index in [4.69, 9.17) is 19.3 Å². The summed E-state index contributed by atoms with van der Waals surface area (Å²) >= 11 is 0. The molecule has 1 aromatic carbocycles. The second kappa shape index (κ2) is 7.59. The number of methoxy groups -OCH3 is 2. The Morgan fingerprint density at radius 1 is 1.33 bits per heavy atom. The molecule has 0 bridgehead atoms. The average molecular weight is 250 g/mol. The van der Waals surface area contributed by atoms with Crippen molar-refractivity contribution in [2.75, 3.05) is 27.4 Å². The first-order valence-corrected chi connectivity index (χ1v) is 5.64. The predicted molar refractivity (Wildman–Crippen MR) is 68.9 cm³/mol. The van der Waals surface area contributed by atoms with Gasteiger partial charge in [-0.05, 0) is 25.1 Å². The highest BCUT2D eigenvalue weighted by molar-refractivity contribution is 5.50. The minimum absolute atomic E-state index is 0.00533. The molecule has 1 atom stereocenters. The summed E-state index contributed by atoms with van der Waals surface area (Å²) in [7, 11) is 3.22. The normalized spacial score (nSPS) is 11.3. The van der Waals surface area contributed by atoms with Crippen LogP contribution in [0.1, 0.15) is 12.5 Å². The van der Waals surface area contributed by atoms with Crippen molar-refractivity contribution in [2.24, 2.45) is 0 Å². The third kappa shape index (κ3) is 4.28. The highest BCUT2D eigenvalue weighted by Crippen LogP contribution is 2.23. The van der Waals surface area contributed by atoms with Crippen molar-refractivity contribution in [3.05, 3.63) is 23.8 Å². The molecule has 1 unspecified atom stereocenters. The van der Waals surface area contributed by atoms with E-state index in [1.165, 1.54) is 0 Å². The third-order valence-electron chi connectivity index (χ3n) is 2.36. The highest BCUT2D eigenvalue weighted by Gasteiger charge is 2.06. The molecule has 0 aliphatic heterocycles. The largest absolute Gasteiger partial charge is 0.497 e. The molecule has 0 aliphatic carbocycles. The van der Waals surface area contributed by atoms with E-state index < -0.39 is 0 Å². The molecule has 0 saturated heterocycles. The van der Waals surface area contributed by atoms with Gasteiger partial charge in [0.05, 0.1) is 18.8 Å². The monoisotopic (exact) mass is 250 g/mol. The Bertz CT molecular complexity index is 431. The Balaban J connectivity index is 2.88. The van der Waals surface area contributed by atoms with Crippen molar-refractivity contribution >= 4 is 0 Å². The van der Waals surface area contributed by atoms with Gasteiger partial charge in [-0.25, -0.2) is 0 Å². The summed E-state index contributed by atoms with van der Waals surface area (Å²) in [5.41, 5.74) is 0.687. The van der Waals surface area contributed by atoms with Crippen LogP contribution in [-0.4, -0.2) is 38.6 Å². The molecule has 0 spiro atoms. The van der Waals surface area contributed by atoms with Crippen molar-refractivity contribution in [3.63, 3.8) is 0 Å². The molecular weight excluding hydrogens is 232 g/mol. The van der Waals surface area contributed by atoms with E-state index in [1.54, 1.807) is 32.4 Å². The van der Waals surface area contributed by atoms with Crippen molar-refractivity contribution in [1.29, 1.82) is 0 Å². The first-order chi connectivity index (χ1) is 8.71. The van der Waals surface area contributed by atoms with Crippen LogP contribution in [0.2, 0.25) is 0 Å². The van der Waals surface area contributed by atoms with Crippen LogP contribution >= 0.6 is 0 Å². The lowest BCUT2D eigenvalue weighted by Gasteiger charge is -2.13. The zero-order valence-electron chi connectivity index (χ0n) is 10.9. The Morgan fingerprint density at radius 3 is 2.72 bits per heavy atom. The summed E-state index contributed by atoms with van der Waals surface area (Å²) in [6.45, 7) is 2.17. The van der Waals surface area contributed by atoms with Crippen molar-refractivity contribution in [2.45, 2.75) is 13.0 Å². The molecule has 4 heteroatoms. The maximum Gasteiger partial charge on any atom is 0.135 e. The van der Waals surface area contributed by atoms with Gasteiger partial charge >= 0.3 is 0 Å². The van der Waals surface area contributed by atoms with Crippen LogP contribution < -0.4 is 9.47 Å². The van der Waals surface area contributed by atoms with Crippen molar-refractivity contribution < 1.29 is 19.3 Å². The zero-order chi connectivity index (χ0) is 13.4. The summed E-state index contributed by atoms with van der Waals surface area (Å²) in [4.78, 5) is 0. The molecule has 18 heavy (non-hydrogen) atoms. The minimum atomic E-state index is -0.189. The number of ether oxygens (including phenoxy) is 3. The Hall–Kier alpha value is -1.70. The van der Waals surface area contributed by atoms with E-state index in [1.807, 2.05) is 6.92 Å². The van der Waals surface area contributed by atoms with Gasteiger partial charge in [0.25, 0.3) is 0 Å². The van der Waals surface area contributed by atoms with Crippen LogP contribution in [0.15, 0.2) is 18.2 Å². The molecule has 1 N–H and O–H groups in total. The number of hydrogen-bond acceptors (Lipinski definition) is 4. The fraction of sp³-hybridized carbons (Fsp3) is 0.429. The number of rotatable bonds is 5. The second-order valence-electron chi connectivity index (χ2n) is 3.68. The topological polar surface area (TPSA) is 47.9 Å². The Labute approximate surface area is 107 Å². The molecule has 0 amide bonds. The van der Waals surface area contributed by atoms with E-state index in [-0.39, 0.29) is 12.7 Å². The average Bonchev–Trinajstić information content (AvgIpc) is 2.42. The van der Waals surface area contributed by atoms with Gasteiger partial charge in [-0.15, -0.1) is 0 Å².